The number of halogens is 3. The van der Waals surface area contributed by atoms with Crippen molar-refractivity contribution < 1.29 is 18.0 Å². The van der Waals surface area contributed by atoms with Crippen molar-refractivity contribution in [2.75, 3.05) is 20.1 Å². The molecule has 0 spiro atoms. The Kier molecular flexibility index (Phi) is 7.42. The molecule has 0 bridgehead atoms. The van der Waals surface area contributed by atoms with Crippen LogP contribution in [0.25, 0.3) is 0 Å². The number of aliphatic imine (C=N–C) groups is 1. The van der Waals surface area contributed by atoms with E-state index in [9.17, 15) is 18.0 Å². The summed E-state index contributed by atoms with van der Waals surface area (Å²) in [6.07, 6.45) is -2.68. The molecule has 0 fully saturated rings. The van der Waals surface area contributed by atoms with Crippen LogP contribution in [-0.2, 0) is 12.7 Å². The molecule has 0 saturated heterocycles. The molecular weight excluding hydrogens is 379 g/mol. The highest BCUT2D eigenvalue weighted by Crippen LogP contribution is 2.30. The molecule has 0 aromatic heterocycles. The number of alkyl halides is 3. The van der Waals surface area contributed by atoms with Gasteiger partial charge in [-0.3, -0.25) is 4.79 Å². The van der Waals surface area contributed by atoms with E-state index in [2.05, 4.69) is 4.99 Å². The molecule has 2 aromatic rings. The van der Waals surface area contributed by atoms with Crippen LogP contribution in [0.15, 0.2) is 47.5 Å². The summed E-state index contributed by atoms with van der Waals surface area (Å²) in [5.41, 5.74) is 1.75. The second-order valence-corrected chi connectivity index (χ2v) is 6.83. The van der Waals surface area contributed by atoms with E-state index in [0.717, 1.165) is 29.9 Å². The Labute approximate surface area is 169 Å². The van der Waals surface area contributed by atoms with E-state index in [4.69, 9.17) is 0 Å². The van der Waals surface area contributed by atoms with Gasteiger partial charge in [-0.05, 0) is 62.2 Å². The van der Waals surface area contributed by atoms with Crippen LogP contribution in [0.4, 0.5) is 18.9 Å². The Morgan fingerprint density at radius 2 is 1.83 bits per heavy atom. The molecule has 0 N–H and O–H groups in total. The largest absolute Gasteiger partial charge is 0.416 e. The summed E-state index contributed by atoms with van der Waals surface area (Å²) < 4.78 is 38.8. The highest BCUT2D eigenvalue weighted by atomic mass is 19.4. The average Bonchev–Trinajstić information content (AvgIpc) is 2.69. The van der Waals surface area contributed by atoms with Crippen LogP contribution in [-0.4, -0.2) is 42.2 Å². The summed E-state index contributed by atoms with van der Waals surface area (Å²) in [5.74, 6) is -0.219. The first-order valence-electron chi connectivity index (χ1n) is 9.46. The summed E-state index contributed by atoms with van der Waals surface area (Å²) in [6.45, 7) is 6.98. The minimum absolute atomic E-state index is 0.111. The van der Waals surface area contributed by atoms with Crippen LogP contribution in [0.2, 0.25) is 0 Å². The molecule has 29 heavy (non-hydrogen) atoms. The maximum absolute atomic E-state index is 13.0. The highest BCUT2D eigenvalue weighted by Gasteiger charge is 2.30. The van der Waals surface area contributed by atoms with Gasteiger partial charge in [0.05, 0.1) is 17.6 Å². The van der Waals surface area contributed by atoms with Gasteiger partial charge in [-0.1, -0.05) is 12.1 Å². The third-order valence-electron chi connectivity index (χ3n) is 4.64. The van der Waals surface area contributed by atoms with E-state index in [1.165, 1.54) is 11.0 Å². The van der Waals surface area contributed by atoms with Gasteiger partial charge in [0.2, 0.25) is 0 Å². The first kappa shape index (κ1) is 22.5. The molecule has 7 heteroatoms. The Morgan fingerprint density at radius 1 is 1.10 bits per heavy atom. The first-order valence-corrected chi connectivity index (χ1v) is 9.46. The SMILES string of the molecule is CCN(C)C=Nc1ccc(C(=O)N(CC)Cc2cccc(C(F)(F)F)c2)c(C)c1. The summed E-state index contributed by atoms with van der Waals surface area (Å²) in [6, 6.07) is 10.4. The molecule has 0 aliphatic heterocycles. The zero-order valence-electron chi connectivity index (χ0n) is 17.1. The first-order chi connectivity index (χ1) is 13.7. The molecule has 0 radical (unpaired) electrons. The van der Waals surface area contributed by atoms with Gasteiger partial charge < -0.3 is 9.80 Å². The fraction of sp³-hybridized carbons (Fsp3) is 0.364. The number of benzene rings is 2. The molecule has 2 rings (SSSR count). The molecule has 0 heterocycles. The van der Waals surface area contributed by atoms with E-state index in [1.54, 1.807) is 31.5 Å². The number of amides is 1. The van der Waals surface area contributed by atoms with E-state index >= 15 is 0 Å². The Bertz CT molecular complexity index is 878. The van der Waals surface area contributed by atoms with Gasteiger partial charge in [-0.25, -0.2) is 4.99 Å². The fourth-order valence-electron chi connectivity index (χ4n) is 2.78. The molecule has 2 aromatic carbocycles. The van der Waals surface area contributed by atoms with Crippen molar-refractivity contribution in [3.8, 4) is 0 Å². The fourth-order valence-corrected chi connectivity index (χ4v) is 2.78. The molecule has 156 valence electrons. The van der Waals surface area contributed by atoms with E-state index in [-0.39, 0.29) is 12.5 Å². The highest BCUT2D eigenvalue weighted by molar-refractivity contribution is 5.96. The van der Waals surface area contributed by atoms with Gasteiger partial charge in [0.1, 0.15) is 0 Å². The van der Waals surface area contributed by atoms with Crippen LogP contribution in [0.3, 0.4) is 0 Å². The van der Waals surface area contributed by atoms with Gasteiger partial charge >= 0.3 is 6.18 Å². The summed E-state index contributed by atoms with van der Waals surface area (Å²) in [7, 11) is 1.92. The van der Waals surface area contributed by atoms with Crippen LogP contribution in [0, 0.1) is 6.92 Å². The third kappa shape index (κ3) is 6.07. The lowest BCUT2D eigenvalue weighted by molar-refractivity contribution is -0.137. The second-order valence-electron chi connectivity index (χ2n) is 6.83. The molecule has 0 saturated carbocycles. The lowest BCUT2D eigenvalue weighted by Gasteiger charge is -2.22. The zero-order valence-corrected chi connectivity index (χ0v) is 17.1. The number of hydrogen-bond donors (Lipinski definition) is 0. The zero-order chi connectivity index (χ0) is 21.6. The minimum atomic E-state index is -4.41. The van der Waals surface area contributed by atoms with E-state index in [1.807, 2.05) is 31.9 Å². The quantitative estimate of drug-likeness (QED) is 0.464. The van der Waals surface area contributed by atoms with Gasteiger partial charge in [0, 0.05) is 32.2 Å². The normalized spacial score (nSPS) is 11.7. The van der Waals surface area contributed by atoms with Crippen LogP contribution in [0.5, 0.6) is 0 Å². The van der Waals surface area contributed by atoms with Crippen molar-refractivity contribution in [3.05, 3.63) is 64.7 Å². The Hall–Kier alpha value is -2.83. The molecule has 0 unspecified atom stereocenters. The number of hydrogen-bond acceptors (Lipinski definition) is 2. The Morgan fingerprint density at radius 3 is 2.41 bits per heavy atom. The maximum Gasteiger partial charge on any atom is 0.416 e. The van der Waals surface area contributed by atoms with Crippen molar-refractivity contribution in [1.29, 1.82) is 0 Å². The van der Waals surface area contributed by atoms with Gasteiger partial charge in [0.15, 0.2) is 0 Å². The monoisotopic (exact) mass is 405 g/mol. The predicted octanol–water partition coefficient (Wildman–Crippen LogP) is 5.29. The van der Waals surface area contributed by atoms with Crippen molar-refractivity contribution in [3.63, 3.8) is 0 Å². The minimum Gasteiger partial charge on any atom is -0.366 e. The standard InChI is InChI=1S/C22H26F3N3O/c1-5-27(4)15-26-19-10-11-20(16(3)12-19)21(29)28(6-2)14-17-8-7-9-18(13-17)22(23,24)25/h7-13,15H,5-6,14H2,1-4H3. The summed E-state index contributed by atoms with van der Waals surface area (Å²) in [4.78, 5) is 20.8. The van der Waals surface area contributed by atoms with E-state index in [0.29, 0.717) is 17.7 Å². The maximum atomic E-state index is 13.0. The number of nitrogens with zero attached hydrogens (tertiary/aromatic N) is 3. The third-order valence-corrected chi connectivity index (χ3v) is 4.64. The number of carbonyl (C=O) groups excluding carboxylic acids is 1. The van der Waals surface area contributed by atoms with Crippen molar-refractivity contribution in [2.24, 2.45) is 4.99 Å². The van der Waals surface area contributed by atoms with Crippen LogP contribution in [0.1, 0.15) is 40.9 Å². The predicted molar refractivity (Wildman–Crippen MR) is 109 cm³/mol. The summed E-state index contributed by atoms with van der Waals surface area (Å²) >= 11 is 0. The molecule has 4 nitrogen and oxygen atoms in total. The van der Waals surface area contributed by atoms with Crippen molar-refractivity contribution in [1.82, 2.24) is 9.80 Å². The molecular formula is C22H26F3N3O. The van der Waals surface area contributed by atoms with Crippen LogP contribution >= 0.6 is 0 Å². The van der Waals surface area contributed by atoms with Crippen molar-refractivity contribution >= 4 is 17.9 Å². The van der Waals surface area contributed by atoms with Gasteiger partial charge in [-0.2, -0.15) is 13.2 Å². The molecule has 0 aliphatic carbocycles. The Balaban J connectivity index is 2.20. The average molecular weight is 405 g/mol. The molecule has 0 atom stereocenters. The number of carbonyl (C=O) groups is 1. The van der Waals surface area contributed by atoms with Gasteiger partial charge in [0.25, 0.3) is 5.91 Å². The number of rotatable bonds is 7. The van der Waals surface area contributed by atoms with Gasteiger partial charge in [-0.15, -0.1) is 0 Å². The number of aryl methyl sites for hydroxylation is 1. The lowest BCUT2D eigenvalue weighted by Crippen LogP contribution is -2.31. The molecule has 1 amide bonds. The smallest absolute Gasteiger partial charge is 0.366 e. The lowest BCUT2D eigenvalue weighted by atomic mass is 10.1. The topological polar surface area (TPSA) is 35.9 Å². The van der Waals surface area contributed by atoms with Crippen LogP contribution < -0.4 is 0 Å². The van der Waals surface area contributed by atoms with E-state index < -0.39 is 11.7 Å². The summed E-state index contributed by atoms with van der Waals surface area (Å²) in [5, 5.41) is 0. The van der Waals surface area contributed by atoms with Crippen molar-refractivity contribution in [2.45, 2.75) is 33.5 Å². The second kappa shape index (κ2) is 9.58. The molecule has 0 aliphatic rings.